The van der Waals surface area contributed by atoms with Crippen LogP contribution in [-0.2, 0) is 4.79 Å². The predicted octanol–water partition coefficient (Wildman–Crippen LogP) is 2.78. The highest BCUT2D eigenvalue weighted by Gasteiger charge is 2.11. The van der Waals surface area contributed by atoms with Gasteiger partial charge in [0.25, 0.3) is 0 Å². The molecule has 0 spiro atoms. The lowest BCUT2D eigenvalue weighted by Gasteiger charge is -2.08. The maximum atomic E-state index is 11.4. The number of amides is 1. The average molecular weight is 260 g/mol. The number of carbonyl (C=O) groups excluding carboxylic acids is 1. The van der Waals surface area contributed by atoms with Gasteiger partial charge in [-0.25, -0.2) is 0 Å². The quantitative estimate of drug-likeness (QED) is 0.597. The van der Waals surface area contributed by atoms with Crippen LogP contribution in [0.1, 0.15) is 39.0 Å². The maximum Gasteiger partial charge on any atom is 0.233 e. The molecule has 1 amide bonds. The van der Waals surface area contributed by atoms with Crippen LogP contribution in [0.3, 0.4) is 0 Å². The summed E-state index contributed by atoms with van der Waals surface area (Å²) in [7, 11) is 0. The Labute approximate surface area is 94.3 Å². The second kappa shape index (κ2) is 6.23. The van der Waals surface area contributed by atoms with Crippen LogP contribution in [-0.4, -0.2) is 17.3 Å². The molecule has 1 aliphatic rings. The molecule has 80 valence electrons. The molecule has 1 N–H and O–H groups in total. The molecule has 0 aromatic rings. The molecule has 1 rings (SSSR count). The summed E-state index contributed by atoms with van der Waals surface area (Å²) in [5.74, 6) is 0.117. The third-order valence-corrected chi connectivity index (χ3v) is 3.59. The number of alkyl halides is 1. The predicted molar refractivity (Wildman–Crippen MR) is 62.6 cm³/mol. The third-order valence-electron chi connectivity index (χ3n) is 2.52. The average Bonchev–Trinajstić information content (AvgIpc) is 2.69. The third kappa shape index (κ3) is 3.82. The Balaban J connectivity index is 2.11. The van der Waals surface area contributed by atoms with Crippen LogP contribution in [0.2, 0.25) is 0 Å². The van der Waals surface area contributed by atoms with Gasteiger partial charge >= 0.3 is 0 Å². The smallest absolute Gasteiger partial charge is 0.233 e. The summed E-state index contributed by atoms with van der Waals surface area (Å²) >= 11 is 3.33. The van der Waals surface area contributed by atoms with Crippen molar-refractivity contribution in [2.75, 3.05) is 6.54 Å². The van der Waals surface area contributed by atoms with Crippen LogP contribution in [0.4, 0.5) is 0 Å². The summed E-state index contributed by atoms with van der Waals surface area (Å²) in [5.41, 5.74) is 1.51. The summed E-state index contributed by atoms with van der Waals surface area (Å²) in [4.78, 5) is 11.3. The molecule has 0 bridgehead atoms. The van der Waals surface area contributed by atoms with Crippen molar-refractivity contribution in [3.8, 4) is 0 Å². The van der Waals surface area contributed by atoms with Crippen LogP contribution >= 0.6 is 15.9 Å². The van der Waals surface area contributed by atoms with E-state index in [9.17, 15) is 4.79 Å². The minimum atomic E-state index is -0.0277. The lowest BCUT2D eigenvalue weighted by Crippen LogP contribution is -2.31. The van der Waals surface area contributed by atoms with Gasteiger partial charge in [0.2, 0.25) is 5.91 Å². The number of carbonyl (C=O) groups is 1. The first-order chi connectivity index (χ1) is 6.74. The van der Waals surface area contributed by atoms with Gasteiger partial charge in [-0.15, -0.1) is 0 Å². The molecule has 1 aliphatic carbocycles. The maximum absolute atomic E-state index is 11.4. The van der Waals surface area contributed by atoms with Gasteiger partial charge in [0.05, 0.1) is 4.83 Å². The van der Waals surface area contributed by atoms with E-state index < -0.39 is 0 Å². The first-order valence-corrected chi connectivity index (χ1v) is 6.25. The van der Waals surface area contributed by atoms with E-state index in [1.807, 2.05) is 6.92 Å². The molecule has 0 aromatic heterocycles. The van der Waals surface area contributed by atoms with Crippen molar-refractivity contribution in [2.24, 2.45) is 0 Å². The highest BCUT2D eigenvalue weighted by atomic mass is 79.9. The zero-order valence-electron chi connectivity index (χ0n) is 8.68. The molecule has 14 heavy (non-hydrogen) atoms. The van der Waals surface area contributed by atoms with Crippen molar-refractivity contribution < 1.29 is 4.79 Å². The van der Waals surface area contributed by atoms with Crippen LogP contribution in [0.5, 0.6) is 0 Å². The fraction of sp³-hybridized carbons (Fsp3) is 0.727. The van der Waals surface area contributed by atoms with Crippen LogP contribution in [0, 0.1) is 0 Å². The Kier molecular flexibility index (Phi) is 5.23. The van der Waals surface area contributed by atoms with Gasteiger partial charge < -0.3 is 5.32 Å². The molecule has 0 saturated heterocycles. The molecule has 2 nitrogen and oxygen atoms in total. The van der Waals surface area contributed by atoms with E-state index in [1.165, 1.54) is 24.8 Å². The highest BCUT2D eigenvalue weighted by Crippen LogP contribution is 2.19. The SMILES string of the molecule is CCC(Br)C(=O)NCCC1=CCCC1. The molecule has 0 aromatic carbocycles. The van der Waals surface area contributed by atoms with Gasteiger partial charge in [0, 0.05) is 6.54 Å². The highest BCUT2D eigenvalue weighted by molar-refractivity contribution is 9.10. The van der Waals surface area contributed by atoms with Crippen molar-refractivity contribution >= 4 is 21.8 Å². The van der Waals surface area contributed by atoms with Crippen LogP contribution in [0.25, 0.3) is 0 Å². The van der Waals surface area contributed by atoms with Gasteiger partial charge in [0.15, 0.2) is 0 Å². The molecule has 1 unspecified atom stereocenters. The van der Waals surface area contributed by atoms with Crippen molar-refractivity contribution in [2.45, 2.75) is 43.9 Å². The Hall–Kier alpha value is -0.310. The van der Waals surface area contributed by atoms with E-state index >= 15 is 0 Å². The first-order valence-electron chi connectivity index (χ1n) is 5.33. The number of hydrogen-bond donors (Lipinski definition) is 1. The summed E-state index contributed by atoms with van der Waals surface area (Å²) in [6, 6.07) is 0. The zero-order valence-corrected chi connectivity index (χ0v) is 10.3. The molecular formula is C11H18BrNO. The van der Waals surface area contributed by atoms with E-state index in [-0.39, 0.29) is 10.7 Å². The Morgan fingerprint density at radius 1 is 1.71 bits per heavy atom. The molecule has 0 saturated carbocycles. The molecule has 0 fully saturated rings. The second-order valence-corrected chi connectivity index (χ2v) is 4.78. The van der Waals surface area contributed by atoms with Gasteiger partial charge in [-0.05, 0) is 32.1 Å². The largest absolute Gasteiger partial charge is 0.355 e. The fourth-order valence-electron chi connectivity index (χ4n) is 1.61. The van der Waals surface area contributed by atoms with Crippen LogP contribution < -0.4 is 5.32 Å². The van der Waals surface area contributed by atoms with Gasteiger partial charge in [-0.1, -0.05) is 34.5 Å². The Morgan fingerprint density at radius 3 is 3.07 bits per heavy atom. The van der Waals surface area contributed by atoms with E-state index in [1.54, 1.807) is 0 Å². The van der Waals surface area contributed by atoms with E-state index in [4.69, 9.17) is 0 Å². The van der Waals surface area contributed by atoms with E-state index in [2.05, 4.69) is 27.3 Å². The summed E-state index contributed by atoms with van der Waals surface area (Å²) in [6.45, 7) is 2.78. The first kappa shape index (κ1) is 11.8. The minimum absolute atomic E-state index is 0.0277. The van der Waals surface area contributed by atoms with Crippen LogP contribution in [0.15, 0.2) is 11.6 Å². The monoisotopic (exact) mass is 259 g/mol. The standard InChI is InChI=1S/C11H18BrNO/c1-2-10(12)11(14)13-8-7-9-5-3-4-6-9/h5,10H,2-4,6-8H2,1H3,(H,13,14). The molecular weight excluding hydrogens is 242 g/mol. The topological polar surface area (TPSA) is 29.1 Å². The Morgan fingerprint density at radius 2 is 2.50 bits per heavy atom. The normalized spacial score (nSPS) is 17.7. The lowest BCUT2D eigenvalue weighted by atomic mass is 10.1. The van der Waals surface area contributed by atoms with E-state index in [0.29, 0.717) is 0 Å². The number of allylic oxidation sites excluding steroid dienone is 1. The fourth-order valence-corrected chi connectivity index (χ4v) is 1.77. The van der Waals surface area contributed by atoms with Gasteiger partial charge in [0.1, 0.15) is 0 Å². The number of halogens is 1. The Bertz CT molecular complexity index is 225. The van der Waals surface area contributed by atoms with Crippen molar-refractivity contribution in [3.63, 3.8) is 0 Å². The lowest BCUT2D eigenvalue weighted by molar-refractivity contribution is -0.120. The molecule has 0 radical (unpaired) electrons. The van der Waals surface area contributed by atoms with Crippen molar-refractivity contribution in [1.82, 2.24) is 5.32 Å². The molecule has 0 heterocycles. The number of nitrogens with one attached hydrogen (secondary N) is 1. The number of hydrogen-bond acceptors (Lipinski definition) is 1. The van der Waals surface area contributed by atoms with Crippen molar-refractivity contribution in [3.05, 3.63) is 11.6 Å². The summed E-state index contributed by atoms with van der Waals surface area (Å²) < 4.78 is 0. The molecule has 3 heteroatoms. The second-order valence-electron chi connectivity index (χ2n) is 3.67. The summed E-state index contributed by atoms with van der Waals surface area (Å²) in [5, 5.41) is 2.93. The minimum Gasteiger partial charge on any atom is -0.355 e. The van der Waals surface area contributed by atoms with Gasteiger partial charge in [-0.2, -0.15) is 0 Å². The molecule has 0 aliphatic heterocycles. The van der Waals surface area contributed by atoms with Crippen molar-refractivity contribution in [1.29, 1.82) is 0 Å². The van der Waals surface area contributed by atoms with Gasteiger partial charge in [-0.3, -0.25) is 4.79 Å². The van der Waals surface area contributed by atoms with E-state index in [0.717, 1.165) is 19.4 Å². The summed E-state index contributed by atoms with van der Waals surface area (Å²) in [6.07, 6.45) is 7.90. The zero-order chi connectivity index (χ0) is 10.4. The number of rotatable bonds is 5. The molecule has 1 atom stereocenters.